The number of benzene rings is 1. The van der Waals surface area contributed by atoms with E-state index in [1.165, 1.54) is 11.1 Å². The SMILES string of the molecule is Cc1ccccc1C[C@H](C)NC(=O)[C@H]1C[C@@H](O)CN1. The highest BCUT2D eigenvalue weighted by Gasteiger charge is 2.28. The lowest BCUT2D eigenvalue weighted by molar-refractivity contribution is -0.123. The average Bonchev–Trinajstić information content (AvgIpc) is 2.79. The Balaban J connectivity index is 1.86. The van der Waals surface area contributed by atoms with Crippen LogP contribution < -0.4 is 10.6 Å². The number of aryl methyl sites for hydroxylation is 1. The topological polar surface area (TPSA) is 61.4 Å². The second kappa shape index (κ2) is 6.17. The Labute approximate surface area is 114 Å². The second-order valence-electron chi connectivity index (χ2n) is 5.39. The zero-order valence-electron chi connectivity index (χ0n) is 11.5. The van der Waals surface area contributed by atoms with Crippen LogP contribution in [0.2, 0.25) is 0 Å². The molecular weight excluding hydrogens is 240 g/mol. The molecule has 3 atom stereocenters. The number of hydrogen-bond acceptors (Lipinski definition) is 3. The molecule has 4 heteroatoms. The van der Waals surface area contributed by atoms with E-state index in [0.29, 0.717) is 13.0 Å². The first-order valence-electron chi connectivity index (χ1n) is 6.82. The maximum atomic E-state index is 12.0. The van der Waals surface area contributed by atoms with Gasteiger partial charge in [-0.2, -0.15) is 0 Å². The predicted octanol–water partition coefficient (Wildman–Crippen LogP) is 0.765. The molecule has 4 nitrogen and oxygen atoms in total. The molecule has 1 aromatic carbocycles. The van der Waals surface area contributed by atoms with Crippen molar-refractivity contribution in [1.29, 1.82) is 0 Å². The first-order valence-corrected chi connectivity index (χ1v) is 6.82. The smallest absolute Gasteiger partial charge is 0.237 e. The third-order valence-corrected chi connectivity index (χ3v) is 3.60. The van der Waals surface area contributed by atoms with Gasteiger partial charge in [0, 0.05) is 12.6 Å². The number of hydrogen-bond donors (Lipinski definition) is 3. The van der Waals surface area contributed by atoms with Gasteiger partial charge >= 0.3 is 0 Å². The van der Waals surface area contributed by atoms with Gasteiger partial charge in [0.05, 0.1) is 12.1 Å². The van der Waals surface area contributed by atoms with Crippen molar-refractivity contribution in [2.24, 2.45) is 0 Å². The highest BCUT2D eigenvalue weighted by Crippen LogP contribution is 2.11. The Kier molecular flexibility index (Phi) is 4.56. The highest BCUT2D eigenvalue weighted by atomic mass is 16.3. The normalized spacial score (nSPS) is 24.2. The third kappa shape index (κ3) is 3.78. The van der Waals surface area contributed by atoms with E-state index < -0.39 is 6.10 Å². The molecule has 1 heterocycles. The summed E-state index contributed by atoms with van der Waals surface area (Å²) in [7, 11) is 0. The van der Waals surface area contributed by atoms with Crippen LogP contribution in [0.1, 0.15) is 24.5 Å². The van der Waals surface area contributed by atoms with Crippen LogP contribution in [0.4, 0.5) is 0 Å². The number of nitrogens with one attached hydrogen (secondary N) is 2. The Morgan fingerprint density at radius 1 is 1.53 bits per heavy atom. The van der Waals surface area contributed by atoms with Crippen molar-refractivity contribution >= 4 is 5.91 Å². The minimum atomic E-state index is -0.401. The molecule has 0 saturated carbocycles. The quantitative estimate of drug-likeness (QED) is 0.751. The average molecular weight is 262 g/mol. The Morgan fingerprint density at radius 3 is 2.89 bits per heavy atom. The Bertz CT molecular complexity index is 448. The minimum absolute atomic E-state index is 0.0161. The number of β-amino-alcohol motifs (C(OH)–C–C–N with tert-alkyl or cyclic N) is 1. The van der Waals surface area contributed by atoms with Crippen molar-refractivity contribution < 1.29 is 9.90 Å². The molecule has 1 aliphatic rings. The highest BCUT2D eigenvalue weighted by molar-refractivity contribution is 5.82. The summed E-state index contributed by atoms with van der Waals surface area (Å²) >= 11 is 0. The van der Waals surface area contributed by atoms with Crippen molar-refractivity contribution in [3.8, 4) is 0 Å². The zero-order valence-corrected chi connectivity index (χ0v) is 11.5. The molecule has 0 bridgehead atoms. The monoisotopic (exact) mass is 262 g/mol. The number of aliphatic hydroxyl groups excluding tert-OH is 1. The second-order valence-corrected chi connectivity index (χ2v) is 5.39. The van der Waals surface area contributed by atoms with E-state index in [1.807, 2.05) is 19.1 Å². The number of rotatable bonds is 4. The van der Waals surface area contributed by atoms with E-state index in [2.05, 4.69) is 29.7 Å². The van der Waals surface area contributed by atoms with Gasteiger partial charge in [0.15, 0.2) is 0 Å². The van der Waals surface area contributed by atoms with Gasteiger partial charge < -0.3 is 15.7 Å². The molecule has 104 valence electrons. The lowest BCUT2D eigenvalue weighted by atomic mass is 10.0. The molecule has 1 aromatic rings. The van der Waals surface area contributed by atoms with E-state index in [-0.39, 0.29) is 18.0 Å². The fourth-order valence-electron chi connectivity index (χ4n) is 2.48. The third-order valence-electron chi connectivity index (χ3n) is 3.60. The number of amides is 1. The summed E-state index contributed by atoms with van der Waals surface area (Å²) in [4.78, 5) is 12.0. The molecule has 3 N–H and O–H groups in total. The van der Waals surface area contributed by atoms with Gasteiger partial charge in [-0.3, -0.25) is 4.79 Å². The van der Waals surface area contributed by atoms with Gasteiger partial charge in [0.1, 0.15) is 0 Å². The summed E-state index contributed by atoms with van der Waals surface area (Å²) in [5.41, 5.74) is 2.51. The van der Waals surface area contributed by atoms with E-state index >= 15 is 0 Å². The lowest BCUT2D eigenvalue weighted by Gasteiger charge is -2.18. The van der Waals surface area contributed by atoms with Crippen molar-refractivity contribution in [3.63, 3.8) is 0 Å². The predicted molar refractivity (Wildman–Crippen MR) is 74.9 cm³/mol. The van der Waals surface area contributed by atoms with Crippen molar-refractivity contribution in [3.05, 3.63) is 35.4 Å². The van der Waals surface area contributed by atoms with E-state index in [9.17, 15) is 9.90 Å². The van der Waals surface area contributed by atoms with Crippen LogP contribution in [0.3, 0.4) is 0 Å². The first-order chi connectivity index (χ1) is 9.06. The largest absolute Gasteiger partial charge is 0.392 e. The fourth-order valence-corrected chi connectivity index (χ4v) is 2.48. The maximum absolute atomic E-state index is 12.0. The summed E-state index contributed by atoms with van der Waals surface area (Å²) in [5, 5.41) is 15.4. The van der Waals surface area contributed by atoms with Crippen LogP contribution in [0.15, 0.2) is 24.3 Å². The number of carbonyl (C=O) groups is 1. The fraction of sp³-hybridized carbons (Fsp3) is 0.533. The van der Waals surface area contributed by atoms with Crippen molar-refractivity contribution in [1.82, 2.24) is 10.6 Å². The van der Waals surface area contributed by atoms with Crippen LogP contribution in [-0.2, 0) is 11.2 Å². The standard InChI is InChI=1S/C15H22N2O2/c1-10-5-3-4-6-12(10)7-11(2)17-15(19)14-8-13(18)9-16-14/h3-6,11,13-14,16,18H,7-9H2,1-2H3,(H,17,19)/t11-,13+,14+/m0/s1. The molecule has 0 radical (unpaired) electrons. The summed E-state index contributed by atoms with van der Waals surface area (Å²) in [6.07, 6.45) is 0.929. The van der Waals surface area contributed by atoms with Gasteiger partial charge in [-0.25, -0.2) is 0 Å². The molecule has 19 heavy (non-hydrogen) atoms. The van der Waals surface area contributed by atoms with Crippen LogP contribution in [0.5, 0.6) is 0 Å². The van der Waals surface area contributed by atoms with Crippen LogP contribution in [-0.4, -0.2) is 35.7 Å². The van der Waals surface area contributed by atoms with E-state index in [4.69, 9.17) is 0 Å². The molecule has 0 spiro atoms. The maximum Gasteiger partial charge on any atom is 0.237 e. The van der Waals surface area contributed by atoms with Gasteiger partial charge in [-0.1, -0.05) is 24.3 Å². The molecule has 1 fully saturated rings. The summed E-state index contributed by atoms with van der Waals surface area (Å²) in [6, 6.07) is 8.05. The van der Waals surface area contributed by atoms with Crippen molar-refractivity contribution in [2.45, 2.75) is 44.9 Å². The molecule has 0 aliphatic carbocycles. The number of carbonyl (C=O) groups excluding carboxylic acids is 1. The van der Waals surface area contributed by atoms with Gasteiger partial charge in [0.2, 0.25) is 5.91 Å². The molecule has 2 rings (SSSR count). The molecular formula is C15H22N2O2. The van der Waals surface area contributed by atoms with Crippen molar-refractivity contribution in [2.75, 3.05) is 6.54 Å². The summed E-state index contributed by atoms with van der Waals surface area (Å²) in [6.45, 7) is 4.60. The van der Waals surface area contributed by atoms with Gasteiger partial charge in [0.25, 0.3) is 0 Å². The van der Waals surface area contributed by atoms with Crippen LogP contribution >= 0.6 is 0 Å². The molecule has 0 aromatic heterocycles. The Hall–Kier alpha value is -1.39. The molecule has 0 unspecified atom stereocenters. The van der Waals surface area contributed by atoms with Gasteiger partial charge in [-0.05, 0) is 37.8 Å². The lowest BCUT2D eigenvalue weighted by Crippen LogP contribution is -2.44. The zero-order chi connectivity index (χ0) is 13.8. The summed E-state index contributed by atoms with van der Waals surface area (Å²) in [5.74, 6) is -0.0161. The first kappa shape index (κ1) is 14.0. The minimum Gasteiger partial charge on any atom is -0.392 e. The summed E-state index contributed by atoms with van der Waals surface area (Å²) < 4.78 is 0. The van der Waals surface area contributed by atoms with E-state index in [0.717, 1.165) is 6.42 Å². The van der Waals surface area contributed by atoms with Gasteiger partial charge in [-0.15, -0.1) is 0 Å². The van der Waals surface area contributed by atoms with Crippen LogP contribution in [0.25, 0.3) is 0 Å². The molecule has 1 amide bonds. The van der Waals surface area contributed by atoms with Crippen LogP contribution in [0, 0.1) is 6.92 Å². The molecule has 1 saturated heterocycles. The number of aliphatic hydroxyl groups is 1. The van der Waals surface area contributed by atoms with E-state index in [1.54, 1.807) is 0 Å². The Morgan fingerprint density at radius 2 is 2.26 bits per heavy atom. The molecule has 1 aliphatic heterocycles.